The van der Waals surface area contributed by atoms with Crippen LogP contribution in [0.25, 0.3) is 0 Å². The summed E-state index contributed by atoms with van der Waals surface area (Å²) in [6.45, 7) is 1.22. The van der Waals surface area contributed by atoms with Crippen molar-refractivity contribution in [3.8, 4) is 0 Å². The summed E-state index contributed by atoms with van der Waals surface area (Å²) < 4.78 is 0. The molecule has 2 aliphatic carbocycles. The Morgan fingerprint density at radius 1 is 1.05 bits per heavy atom. The fraction of sp³-hybridized carbons (Fsp3) is 0.667. The van der Waals surface area contributed by atoms with Crippen LogP contribution in [0.4, 0.5) is 0 Å². The van der Waals surface area contributed by atoms with Crippen LogP contribution in [0.5, 0.6) is 0 Å². The van der Waals surface area contributed by atoms with Crippen molar-refractivity contribution in [1.29, 1.82) is 0 Å². The van der Waals surface area contributed by atoms with Crippen molar-refractivity contribution in [2.45, 2.75) is 62.8 Å². The third kappa shape index (κ3) is 3.75. The molecule has 2 saturated carbocycles. The second kappa shape index (κ2) is 7.35. The molecule has 2 fully saturated rings. The normalized spacial score (nSPS) is 21.7. The van der Waals surface area contributed by atoms with E-state index in [2.05, 4.69) is 36.2 Å². The van der Waals surface area contributed by atoms with E-state index < -0.39 is 0 Å². The molecule has 0 bridgehead atoms. The Balaban J connectivity index is 0.00000161. The predicted molar refractivity (Wildman–Crippen MR) is 93.7 cm³/mol. The van der Waals surface area contributed by atoms with E-state index in [0.717, 1.165) is 11.1 Å². The van der Waals surface area contributed by atoms with Crippen molar-refractivity contribution in [2.24, 2.45) is 0 Å². The van der Waals surface area contributed by atoms with Crippen molar-refractivity contribution in [3.63, 3.8) is 0 Å². The maximum atomic E-state index is 6.04. The van der Waals surface area contributed by atoms with Gasteiger partial charge in [-0.3, -0.25) is 0 Å². The van der Waals surface area contributed by atoms with Gasteiger partial charge in [0.25, 0.3) is 0 Å². The average Bonchev–Trinajstić information content (AvgIpc) is 2.45. The molecule has 0 aliphatic heterocycles. The van der Waals surface area contributed by atoms with Gasteiger partial charge in [-0.15, -0.1) is 12.4 Å². The molecule has 1 nitrogen and oxygen atoms in total. The minimum Gasteiger partial charge on any atom is -0.303 e. The first kappa shape index (κ1) is 17.1. The quantitative estimate of drug-likeness (QED) is 0.710. The van der Waals surface area contributed by atoms with Crippen molar-refractivity contribution in [3.05, 3.63) is 34.9 Å². The molecule has 3 heteroatoms. The van der Waals surface area contributed by atoms with Crippen molar-refractivity contribution in [1.82, 2.24) is 4.90 Å². The zero-order valence-corrected chi connectivity index (χ0v) is 14.6. The standard InChI is InChI=1S/C18H26ClN.ClH/c1-20(17-6-3-2-4-7-17)14-18(12-5-13-18)15-8-10-16(19)11-9-15;/h8-11,17H,2-7,12-14H2,1H3;1H. The highest BCUT2D eigenvalue weighted by atomic mass is 35.5. The van der Waals surface area contributed by atoms with Crippen LogP contribution >= 0.6 is 24.0 Å². The Morgan fingerprint density at radius 3 is 2.19 bits per heavy atom. The van der Waals surface area contributed by atoms with Gasteiger partial charge in [0.05, 0.1) is 0 Å². The molecule has 0 aromatic heterocycles. The highest BCUT2D eigenvalue weighted by molar-refractivity contribution is 6.30. The molecule has 1 aromatic carbocycles. The first-order valence-corrected chi connectivity index (χ1v) is 8.54. The summed E-state index contributed by atoms with van der Waals surface area (Å²) in [4.78, 5) is 2.65. The molecule has 2 aliphatic rings. The van der Waals surface area contributed by atoms with Gasteiger partial charge in [0.1, 0.15) is 0 Å². The van der Waals surface area contributed by atoms with Crippen LogP contribution in [0.15, 0.2) is 24.3 Å². The smallest absolute Gasteiger partial charge is 0.0406 e. The molecule has 21 heavy (non-hydrogen) atoms. The maximum absolute atomic E-state index is 6.04. The number of nitrogens with zero attached hydrogens (tertiary/aromatic N) is 1. The molecular formula is C18H27Cl2N. The van der Waals surface area contributed by atoms with Crippen LogP contribution in [0, 0.1) is 0 Å². The lowest BCUT2D eigenvalue weighted by atomic mass is 9.64. The Kier molecular flexibility index (Phi) is 5.99. The number of halogens is 2. The minimum absolute atomic E-state index is 0. The lowest BCUT2D eigenvalue weighted by Gasteiger charge is -2.47. The number of hydrogen-bond acceptors (Lipinski definition) is 1. The van der Waals surface area contributed by atoms with Gasteiger partial charge in [-0.25, -0.2) is 0 Å². The molecule has 0 amide bonds. The van der Waals surface area contributed by atoms with E-state index >= 15 is 0 Å². The van der Waals surface area contributed by atoms with E-state index in [9.17, 15) is 0 Å². The van der Waals surface area contributed by atoms with Gasteiger partial charge in [-0.05, 0) is 50.4 Å². The van der Waals surface area contributed by atoms with E-state index in [4.69, 9.17) is 11.6 Å². The molecule has 0 N–H and O–H groups in total. The van der Waals surface area contributed by atoms with E-state index in [1.807, 2.05) is 0 Å². The fourth-order valence-corrected chi connectivity index (χ4v) is 4.20. The summed E-state index contributed by atoms with van der Waals surface area (Å²) in [5.41, 5.74) is 1.90. The monoisotopic (exact) mass is 327 g/mol. The van der Waals surface area contributed by atoms with Crippen LogP contribution < -0.4 is 0 Å². The number of likely N-dealkylation sites (N-methyl/N-ethyl adjacent to an activating group) is 1. The van der Waals surface area contributed by atoms with Gasteiger partial charge in [0, 0.05) is 23.0 Å². The van der Waals surface area contributed by atoms with E-state index in [0.29, 0.717) is 5.41 Å². The van der Waals surface area contributed by atoms with Crippen LogP contribution in [-0.4, -0.2) is 24.5 Å². The summed E-state index contributed by atoms with van der Waals surface area (Å²) in [7, 11) is 2.34. The Morgan fingerprint density at radius 2 is 1.67 bits per heavy atom. The Labute approximate surface area is 140 Å². The van der Waals surface area contributed by atoms with Crippen molar-refractivity contribution in [2.75, 3.05) is 13.6 Å². The average molecular weight is 328 g/mol. The molecule has 3 rings (SSSR count). The zero-order valence-electron chi connectivity index (χ0n) is 13.0. The third-order valence-corrected chi connectivity index (χ3v) is 5.77. The SMILES string of the molecule is CN(CC1(c2ccc(Cl)cc2)CCC1)C1CCCCC1.Cl. The molecule has 0 radical (unpaired) electrons. The first-order chi connectivity index (χ1) is 9.70. The zero-order chi connectivity index (χ0) is 14.0. The topological polar surface area (TPSA) is 3.24 Å². The Hall–Kier alpha value is -0.240. The molecule has 0 spiro atoms. The van der Waals surface area contributed by atoms with Gasteiger partial charge in [-0.2, -0.15) is 0 Å². The lowest BCUT2D eigenvalue weighted by Crippen LogP contribution is -2.48. The lowest BCUT2D eigenvalue weighted by molar-refractivity contribution is 0.108. The molecule has 0 unspecified atom stereocenters. The fourth-order valence-electron chi connectivity index (χ4n) is 4.07. The summed E-state index contributed by atoms with van der Waals surface area (Å²) in [5, 5.41) is 0.851. The summed E-state index contributed by atoms with van der Waals surface area (Å²) in [5.74, 6) is 0. The maximum Gasteiger partial charge on any atom is 0.0406 e. The van der Waals surface area contributed by atoms with Crippen LogP contribution in [0.2, 0.25) is 5.02 Å². The van der Waals surface area contributed by atoms with Gasteiger partial charge in [0.15, 0.2) is 0 Å². The number of benzene rings is 1. The number of hydrogen-bond donors (Lipinski definition) is 0. The molecule has 0 heterocycles. The molecular weight excluding hydrogens is 301 g/mol. The first-order valence-electron chi connectivity index (χ1n) is 8.16. The summed E-state index contributed by atoms with van der Waals surface area (Å²) in [6.07, 6.45) is 11.1. The van der Waals surface area contributed by atoms with Crippen LogP contribution in [0.1, 0.15) is 56.9 Å². The summed E-state index contributed by atoms with van der Waals surface area (Å²) in [6, 6.07) is 9.41. The Bertz CT molecular complexity index is 433. The van der Waals surface area contributed by atoms with Gasteiger partial charge < -0.3 is 4.90 Å². The van der Waals surface area contributed by atoms with Gasteiger partial charge >= 0.3 is 0 Å². The second-order valence-corrected chi connectivity index (χ2v) is 7.28. The van der Waals surface area contributed by atoms with Crippen LogP contribution in [-0.2, 0) is 5.41 Å². The second-order valence-electron chi connectivity index (χ2n) is 6.85. The molecule has 1 aromatic rings. The van der Waals surface area contributed by atoms with E-state index in [1.165, 1.54) is 63.5 Å². The van der Waals surface area contributed by atoms with Gasteiger partial charge in [0.2, 0.25) is 0 Å². The van der Waals surface area contributed by atoms with Crippen molar-refractivity contribution >= 4 is 24.0 Å². The molecule has 118 valence electrons. The van der Waals surface area contributed by atoms with Crippen LogP contribution in [0.3, 0.4) is 0 Å². The van der Waals surface area contributed by atoms with E-state index in [-0.39, 0.29) is 12.4 Å². The largest absolute Gasteiger partial charge is 0.303 e. The highest BCUT2D eigenvalue weighted by Gasteiger charge is 2.40. The van der Waals surface area contributed by atoms with Crippen molar-refractivity contribution < 1.29 is 0 Å². The predicted octanol–water partition coefficient (Wildman–Crippen LogP) is 5.45. The molecule has 0 atom stereocenters. The third-order valence-electron chi connectivity index (χ3n) is 5.52. The number of rotatable bonds is 4. The van der Waals surface area contributed by atoms with E-state index in [1.54, 1.807) is 0 Å². The highest BCUT2D eigenvalue weighted by Crippen LogP contribution is 2.45. The summed E-state index contributed by atoms with van der Waals surface area (Å²) >= 11 is 6.04. The molecule has 0 saturated heterocycles. The van der Waals surface area contributed by atoms with Gasteiger partial charge in [-0.1, -0.05) is 49.4 Å². The minimum atomic E-state index is 0.